The second-order valence-electron chi connectivity index (χ2n) is 4.97. The van der Waals surface area contributed by atoms with Gasteiger partial charge in [-0.25, -0.2) is 0 Å². The topological polar surface area (TPSA) is 66.4 Å². The minimum Gasteiger partial charge on any atom is -0.480 e. The summed E-state index contributed by atoms with van der Waals surface area (Å²) in [5.74, 6) is 0.0209. The number of nitrogens with one attached hydrogen (secondary N) is 1. The maximum Gasteiger partial charge on any atom is 0.325 e. The highest BCUT2D eigenvalue weighted by Crippen LogP contribution is 2.30. The molecule has 0 bridgehead atoms. The summed E-state index contributed by atoms with van der Waals surface area (Å²) in [4.78, 5) is 22.1. The summed E-state index contributed by atoms with van der Waals surface area (Å²) in [5, 5.41) is 11.2. The summed E-state index contributed by atoms with van der Waals surface area (Å²) in [6.45, 7) is 3.70. The molecule has 0 heterocycles. The van der Waals surface area contributed by atoms with E-state index < -0.39 is 12.0 Å². The number of hydrogen-bond donors (Lipinski definition) is 2. The fourth-order valence-corrected chi connectivity index (χ4v) is 2.37. The van der Waals surface area contributed by atoms with Crippen molar-refractivity contribution in [1.29, 1.82) is 0 Å². The summed E-state index contributed by atoms with van der Waals surface area (Å²) in [6, 6.07) is -0.784. The van der Waals surface area contributed by atoms with E-state index in [4.69, 9.17) is 5.11 Å². The minimum atomic E-state index is -0.981. The highest BCUT2D eigenvalue weighted by atomic mass is 16.4. The summed E-state index contributed by atoms with van der Waals surface area (Å²) >= 11 is 0. The third-order valence-corrected chi connectivity index (χ3v) is 3.27. The summed E-state index contributed by atoms with van der Waals surface area (Å²) in [6.07, 6.45) is 5.10. The van der Waals surface area contributed by atoms with Gasteiger partial charge in [-0.2, -0.15) is 0 Å². The van der Waals surface area contributed by atoms with Gasteiger partial charge in [-0.1, -0.05) is 19.8 Å². The Morgan fingerprint density at radius 2 is 2.12 bits per heavy atom. The van der Waals surface area contributed by atoms with Crippen molar-refractivity contribution in [2.24, 2.45) is 11.8 Å². The molecule has 1 rings (SSSR count). The normalized spacial score (nSPS) is 27.1. The van der Waals surface area contributed by atoms with Crippen LogP contribution in [0.15, 0.2) is 0 Å². The van der Waals surface area contributed by atoms with Crippen LogP contribution < -0.4 is 5.32 Å². The summed E-state index contributed by atoms with van der Waals surface area (Å²) in [5.41, 5.74) is 0. The SMILES string of the molecule is CC1CCCC(CC(=O)N[C@@H](C)C(=O)O)C1. The van der Waals surface area contributed by atoms with Crippen LogP contribution in [-0.4, -0.2) is 23.0 Å². The average Bonchev–Trinajstić information content (AvgIpc) is 2.16. The lowest BCUT2D eigenvalue weighted by Crippen LogP contribution is -2.39. The molecule has 1 fully saturated rings. The molecule has 0 aromatic rings. The number of amides is 1. The van der Waals surface area contributed by atoms with Gasteiger partial charge in [0.05, 0.1) is 0 Å². The predicted molar refractivity (Wildman–Crippen MR) is 61.0 cm³/mol. The zero-order valence-electron chi connectivity index (χ0n) is 10.0. The molecule has 1 amide bonds. The third kappa shape index (κ3) is 4.21. The van der Waals surface area contributed by atoms with Crippen LogP contribution in [0.25, 0.3) is 0 Å². The Bertz CT molecular complexity index is 265. The van der Waals surface area contributed by atoms with Crippen molar-refractivity contribution < 1.29 is 14.7 Å². The van der Waals surface area contributed by atoms with Crippen LogP contribution in [-0.2, 0) is 9.59 Å². The van der Waals surface area contributed by atoms with Crippen LogP contribution in [0.2, 0.25) is 0 Å². The highest BCUT2D eigenvalue weighted by molar-refractivity contribution is 5.83. The summed E-state index contributed by atoms with van der Waals surface area (Å²) < 4.78 is 0. The molecule has 1 saturated carbocycles. The Hall–Kier alpha value is -1.06. The van der Waals surface area contributed by atoms with E-state index in [0.29, 0.717) is 18.3 Å². The molecule has 2 N–H and O–H groups in total. The van der Waals surface area contributed by atoms with E-state index in [0.717, 1.165) is 12.8 Å². The lowest BCUT2D eigenvalue weighted by Gasteiger charge is -2.26. The maximum atomic E-state index is 11.6. The molecular weight excluding hydrogens is 206 g/mol. The van der Waals surface area contributed by atoms with E-state index in [2.05, 4.69) is 12.2 Å². The van der Waals surface area contributed by atoms with Crippen LogP contribution in [0.5, 0.6) is 0 Å². The van der Waals surface area contributed by atoms with Crippen LogP contribution in [0.4, 0.5) is 0 Å². The van der Waals surface area contributed by atoms with Gasteiger partial charge in [0.2, 0.25) is 5.91 Å². The Labute approximate surface area is 96.4 Å². The van der Waals surface area contributed by atoms with E-state index >= 15 is 0 Å². The van der Waals surface area contributed by atoms with E-state index in [-0.39, 0.29) is 5.91 Å². The molecule has 0 saturated heterocycles. The number of aliphatic carboxylic acids is 1. The molecule has 0 radical (unpaired) electrons. The standard InChI is InChI=1S/C12H21NO3/c1-8-4-3-5-10(6-8)7-11(14)13-9(2)12(15)16/h8-10H,3-7H2,1-2H3,(H,13,14)(H,15,16)/t8?,9-,10?/m0/s1. The largest absolute Gasteiger partial charge is 0.480 e. The van der Waals surface area contributed by atoms with Crippen molar-refractivity contribution in [1.82, 2.24) is 5.32 Å². The van der Waals surface area contributed by atoms with Crippen LogP contribution >= 0.6 is 0 Å². The number of carboxylic acid groups (broad SMARTS) is 1. The molecule has 92 valence electrons. The van der Waals surface area contributed by atoms with E-state index in [1.807, 2.05) is 0 Å². The lowest BCUT2D eigenvalue weighted by molar-refractivity contribution is -0.141. The number of carbonyl (C=O) groups excluding carboxylic acids is 1. The molecule has 3 atom stereocenters. The second-order valence-corrected chi connectivity index (χ2v) is 4.97. The average molecular weight is 227 g/mol. The Morgan fingerprint density at radius 1 is 1.44 bits per heavy atom. The van der Waals surface area contributed by atoms with Gasteiger partial charge in [-0.05, 0) is 31.6 Å². The molecular formula is C12H21NO3. The van der Waals surface area contributed by atoms with Crippen molar-refractivity contribution in [3.63, 3.8) is 0 Å². The van der Waals surface area contributed by atoms with Gasteiger partial charge in [0, 0.05) is 6.42 Å². The van der Waals surface area contributed by atoms with Crippen molar-refractivity contribution in [2.45, 2.75) is 52.0 Å². The van der Waals surface area contributed by atoms with Crippen LogP contribution in [0.3, 0.4) is 0 Å². The third-order valence-electron chi connectivity index (χ3n) is 3.27. The molecule has 16 heavy (non-hydrogen) atoms. The number of carboxylic acids is 1. The molecule has 0 spiro atoms. The number of rotatable bonds is 4. The Morgan fingerprint density at radius 3 is 2.69 bits per heavy atom. The van der Waals surface area contributed by atoms with Gasteiger partial charge < -0.3 is 10.4 Å². The van der Waals surface area contributed by atoms with Crippen LogP contribution in [0, 0.1) is 11.8 Å². The predicted octanol–water partition coefficient (Wildman–Crippen LogP) is 1.79. The first-order valence-electron chi connectivity index (χ1n) is 6.01. The molecule has 4 heteroatoms. The first-order valence-corrected chi connectivity index (χ1v) is 6.01. The fraction of sp³-hybridized carbons (Fsp3) is 0.833. The Kier molecular flexibility index (Phi) is 4.77. The number of hydrogen-bond acceptors (Lipinski definition) is 2. The van der Waals surface area contributed by atoms with Gasteiger partial charge in [0.1, 0.15) is 6.04 Å². The van der Waals surface area contributed by atoms with E-state index in [1.54, 1.807) is 0 Å². The van der Waals surface area contributed by atoms with Crippen molar-refractivity contribution in [2.75, 3.05) is 0 Å². The van der Waals surface area contributed by atoms with Crippen molar-refractivity contribution in [3.05, 3.63) is 0 Å². The smallest absolute Gasteiger partial charge is 0.325 e. The molecule has 2 unspecified atom stereocenters. The highest BCUT2D eigenvalue weighted by Gasteiger charge is 2.22. The molecule has 1 aliphatic carbocycles. The summed E-state index contributed by atoms with van der Waals surface area (Å²) in [7, 11) is 0. The number of carbonyl (C=O) groups is 2. The zero-order valence-corrected chi connectivity index (χ0v) is 10.0. The first-order chi connectivity index (χ1) is 7.49. The van der Waals surface area contributed by atoms with Gasteiger partial charge in [-0.15, -0.1) is 0 Å². The molecule has 0 aromatic carbocycles. The monoisotopic (exact) mass is 227 g/mol. The van der Waals surface area contributed by atoms with Gasteiger partial charge >= 0.3 is 5.97 Å². The van der Waals surface area contributed by atoms with Gasteiger partial charge in [-0.3, -0.25) is 9.59 Å². The second kappa shape index (κ2) is 5.87. The molecule has 4 nitrogen and oxygen atoms in total. The first kappa shape index (κ1) is 13.0. The van der Waals surface area contributed by atoms with Crippen LogP contribution in [0.1, 0.15) is 46.0 Å². The molecule has 0 aromatic heterocycles. The molecule has 0 aliphatic heterocycles. The van der Waals surface area contributed by atoms with E-state index in [9.17, 15) is 9.59 Å². The Balaban J connectivity index is 2.30. The molecule has 1 aliphatic rings. The van der Waals surface area contributed by atoms with Gasteiger partial charge in [0.25, 0.3) is 0 Å². The zero-order chi connectivity index (χ0) is 12.1. The minimum absolute atomic E-state index is 0.131. The van der Waals surface area contributed by atoms with Crippen molar-refractivity contribution >= 4 is 11.9 Å². The van der Waals surface area contributed by atoms with Gasteiger partial charge in [0.15, 0.2) is 0 Å². The fourth-order valence-electron chi connectivity index (χ4n) is 2.37. The quantitative estimate of drug-likeness (QED) is 0.769. The van der Waals surface area contributed by atoms with E-state index in [1.165, 1.54) is 19.8 Å². The van der Waals surface area contributed by atoms with Crippen molar-refractivity contribution in [3.8, 4) is 0 Å². The lowest BCUT2D eigenvalue weighted by atomic mass is 9.81. The maximum absolute atomic E-state index is 11.6.